The number of imidazole rings is 1. The SMILES string of the molecule is O=C(/C=C/c1ccco1)N1CCC2(C1)CN(C(=O)c1cnc3n1CCOC3)C2. The van der Waals surface area contributed by atoms with Gasteiger partial charge in [0, 0.05) is 44.2 Å². The molecule has 0 atom stereocenters. The van der Waals surface area contributed by atoms with E-state index in [9.17, 15) is 9.59 Å². The molecule has 0 radical (unpaired) electrons. The summed E-state index contributed by atoms with van der Waals surface area (Å²) < 4.78 is 12.6. The molecular formula is C20H22N4O4. The molecule has 0 bridgehead atoms. The van der Waals surface area contributed by atoms with E-state index in [0.29, 0.717) is 50.8 Å². The summed E-state index contributed by atoms with van der Waals surface area (Å²) in [6, 6.07) is 3.60. The Morgan fingerprint density at radius 1 is 1.18 bits per heavy atom. The number of ether oxygens (including phenoxy) is 1. The van der Waals surface area contributed by atoms with Crippen LogP contribution in [0.25, 0.3) is 6.08 Å². The lowest BCUT2D eigenvalue weighted by molar-refractivity contribution is -0.125. The average molecular weight is 382 g/mol. The van der Waals surface area contributed by atoms with E-state index in [4.69, 9.17) is 9.15 Å². The molecule has 2 amide bonds. The van der Waals surface area contributed by atoms with Gasteiger partial charge in [-0.1, -0.05) is 0 Å². The van der Waals surface area contributed by atoms with E-state index in [1.807, 2.05) is 20.4 Å². The van der Waals surface area contributed by atoms with Crippen molar-refractivity contribution in [3.05, 3.63) is 47.9 Å². The largest absolute Gasteiger partial charge is 0.465 e. The van der Waals surface area contributed by atoms with Crippen molar-refractivity contribution >= 4 is 17.9 Å². The molecule has 0 saturated carbocycles. The third-order valence-corrected chi connectivity index (χ3v) is 5.87. The van der Waals surface area contributed by atoms with E-state index >= 15 is 0 Å². The van der Waals surface area contributed by atoms with Crippen LogP contribution in [0.2, 0.25) is 0 Å². The molecule has 2 aromatic rings. The minimum atomic E-state index is -0.0112. The number of nitrogens with zero attached hydrogens (tertiary/aromatic N) is 4. The fraction of sp³-hybridized carbons (Fsp3) is 0.450. The molecule has 8 heteroatoms. The van der Waals surface area contributed by atoms with Crippen molar-refractivity contribution in [1.29, 1.82) is 0 Å². The second-order valence-corrected chi connectivity index (χ2v) is 7.78. The summed E-state index contributed by atoms with van der Waals surface area (Å²) in [5.74, 6) is 1.49. The van der Waals surface area contributed by atoms with Crippen molar-refractivity contribution in [2.45, 2.75) is 19.6 Å². The molecule has 2 saturated heterocycles. The Bertz CT molecular complexity index is 924. The Morgan fingerprint density at radius 3 is 2.86 bits per heavy atom. The first-order valence-electron chi connectivity index (χ1n) is 9.56. The molecule has 1 spiro atoms. The Hall–Kier alpha value is -2.87. The third-order valence-electron chi connectivity index (χ3n) is 5.87. The van der Waals surface area contributed by atoms with Crippen LogP contribution in [0.4, 0.5) is 0 Å². The summed E-state index contributed by atoms with van der Waals surface area (Å²) in [6.45, 7) is 4.53. The fourth-order valence-electron chi connectivity index (χ4n) is 4.36. The molecule has 2 aromatic heterocycles. The van der Waals surface area contributed by atoms with E-state index in [0.717, 1.165) is 18.8 Å². The number of carbonyl (C=O) groups is 2. The summed E-state index contributed by atoms with van der Waals surface area (Å²) in [6.07, 6.45) is 7.41. The highest BCUT2D eigenvalue weighted by atomic mass is 16.5. The van der Waals surface area contributed by atoms with Gasteiger partial charge < -0.3 is 23.5 Å². The fourth-order valence-corrected chi connectivity index (χ4v) is 4.36. The highest BCUT2D eigenvalue weighted by Gasteiger charge is 2.50. The van der Waals surface area contributed by atoms with Gasteiger partial charge in [0.05, 0.1) is 19.1 Å². The third kappa shape index (κ3) is 2.93. The lowest BCUT2D eigenvalue weighted by atomic mass is 9.79. The Balaban J connectivity index is 1.19. The zero-order valence-electron chi connectivity index (χ0n) is 15.5. The lowest BCUT2D eigenvalue weighted by Crippen LogP contribution is -2.59. The van der Waals surface area contributed by atoms with Gasteiger partial charge in [0.25, 0.3) is 5.91 Å². The molecule has 2 fully saturated rings. The van der Waals surface area contributed by atoms with Gasteiger partial charge in [-0.25, -0.2) is 4.98 Å². The molecule has 3 aliphatic rings. The van der Waals surface area contributed by atoms with Crippen molar-refractivity contribution in [3.63, 3.8) is 0 Å². The zero-order chi connectivity index (χ0) is 19.1. The monoisotopic (exact) mass is 382 g/mol. The van der Waals surface area contributed by atoms with Crippen molar-refractivity contribution in [3.8, 4) is 0 Å². The molecular weight excluding hydrogens is 360 g/mol. The minimum absolute atomic E-state index is 0.0112. The Morgan fingerprint density at radius 2 is 2.04 bits per heavy atom. The summed E-state index contributed by atoms with van der Waals surface area (Å²) in [5.41, 5.74) is 0.665. The first-order valence-corrected chi connectivity index (χ1v) is 9.56. The maximum Gasteiger partial charge on any atom is 0.272 e. The standard InChI is InChI=1S/C20H22N4O4/c25-18(4-3-15-2-1-8-28-15)22-6-5-20(12-22)13-23(14-20)19(26)16-10-21-17-11-27-9-7-24(16)17/h1-4,8,10H,5-7,9,11-14H2/b4-3+. The molecule has 5 heterocycles. The van der Waals surface area contributed by atoms with Gasteiger partial charge in [-0.15, -0.1) is 0 Å². The maximum atomic E-state index is 12.9. The number of rotatable bonds is 3. The zero-order valence-corrected chi connectivity index (χ0v) is 15.5. The van der Waals surface area contributed by atoms with Crippen molar-refractivity contribution in [2.24, 2.45) is 5.41 Å². The van der Waals surface area contributed by atoms with Crippen LogP contribution < -0.4 is 0 Å². The number of aromatic nitrogens is 2. The molecule has 0 unspecified atom stereocenters. The van der Waals surface area contributed by atoms with E-state index in [1.54, 1.807) is 30.7 Å². The van der Waals surface area contributed by atoms with Crippen molar-refractivity contribution in [2.75, 3.05) is 32.8 Å². The number of hydrogen-bond donors (Lipinski definition) is 0. The van der Waals surface area contributed by atoms with Crippen molar-refractivity contribution in [1.82, 2.24) is 19.4 Å². The van der Waals surface area contributed by atoms with Crippen molar-refractivity contribution < 1.29 is 18.7 Å². The summed E-state index contributed by atoms with van der Waals surface area (Å²) >= 11 is 0. The first-order chi connectivity index (χ1) is 13.6. The van der Waals surface area contributed by atoms with Crippen LogP contribution in [-0.2, 0) is 22.7 Å². The predicted molar refractivity (Wildman–Crippen MR) is 99.2 cm³/mol. The van der Waals surface area contributed by atoms with Crippen LogP contribution in [0.15, 0.2) is 35.1 Å². The van der Waals surface area contributed by atoms with Gasteiger partial charge in [-0.3, -0.25) is 9.59 Å². The molecule has 0 aliphatic carbocycles. The highest BCUT2D eigenvalue weighted by Crippen LogP contribution is 2.40. The van der Waals surface area contributed by atoms with E-state index in [-0.39, 0.29) is 17.2 Å². The van der Waals surface area contributed by atoms with Crippen LogP contribution in [0, 0.1) is 5.41 Å². The van der Waals surface area contributed by atoms with E-state index in [1.165, 1.54) is 0 Å². The van der Waals surface area contributed by atoms with Gasteiger partial charge in [-0.05, 0) is 24.6 Å². The van der Waals surface area contributed by atoms with Crippen LogP contribution in [0.5, 0.6) is 0 Å². The molecule has 3 aliphatic heterocycles. The molecule has 146 valence electrons. The number of carbonyl (C=O) groups excluding carboxylic acids is 2. The number of hydrogen-bond acceptors (Lipinski definition) is 5. The predicted octanol–water partition coefficient (Wildman–Crippen LogP) is 1.39. The number of amides is 2. The van der Waals surface area contributed by atoms with Gasteiger partial charge in [0.2, 0.25) is 5.91 Å². The second kappa shape index (κ2) is 6.63. The van der Waals surface area contributed by atoms with Gasteiger partial charge in [0.1, 0.15) is 23.9 Å². The number of fused-ring (bicyclic) bond motifs is 1. The van der Waals surface area contributed by atoms with Gasteiger partial charge >= 0.3 is 0 Å². The number of likely N-dealkylation sites (tertiary alicyclic amines) is 2. The minimum Gasteiger partial charge on any atom is -0.465 e. The van der Waals surface area contributed by atoms with Gasteiger partial charge in [-0.2, -0.15) is 0 Å². The quantitative estimate of drug-likeness (QED) is 0.750. The molecule has 0 aromatic carbocycles. The summed E-state index contributed by atoms with van der Waals surface area (Å²) in [5, 5.41) is 0. The highest BCUT2D eigenvalue weighted by molar-refractivity contribution is 5.94. The Labute approximate surface area is 162 Å². The first kappa shape index (κ1) is 17.2. The normalized spacial score (nSPS) is 20.6. The smallest absolute Gasteiger partial charge is 0.272 e. The maximum absolute atomic E-state index is 12.9. The van der Waals surface area contributed by atoms with E-state index in [2.05, 4.69) is 4.98 Å². The molecule has 28 heavy (non-hydrogen) atoms. The number of furan rings is 1. The summed E-state index contributed by atoms with van der Waals surface area (Å²) in [7, 11) is 0. The van der Waals surface area contributed by atoms with Crippen LogP contribution >= 0.6 is 0 Å². The average Bonchev–Trinajstić information content (AvgIpc) is 3.43. The summed E-state index contributed by atoms with van der Waals surface area (Å²) in [4.78, 5) is 33.3. The second-order valence-electron chi connectivity index (χ2n) is 7.78. The molecule has 0 N–H and O–H groups in total. The lowest BCUT2D eigenvalue weighted by Gasteiger charge is -2.47. The Kier molecular flexibility index (Phi) is 4.08. The van der Waals surface area contributed by atoms with Gasteiger partial charge in [0.15, 0.2) is 0 Å². The molecule has 5 rings (SSSR count). The van der Waals surface area contributed by atoms with Crippen LogP contribution in [0.3, 0.4) is 0 Å². The topological polar surface area (TPSA) is 80.8 Å². The molecule has 8 nitrogen and oxygen atoms in total. The van der Waals surface area contributed by atoms with E-state index < -0.39 is 0 Å². The van der Waals surface area contributed by atoms with Crippen LogP contribution in [0.1, 0.15) is 28.5 Å². The van der Waals surface area contributed by atoms with Crippen LogP contribution in [-0.4, -0.2) is 64.0 Å².